The Bertz CT molecular complexity index is 892. The molecule has 0 N–H and O–H groups in total. The summed E-state index contributed by atoms with van der Waals surface area (Å²) in [6.07, 6.45) is 1.61. The summed E-state index contributed by atoms with van der Waals surface area (Å²) in [6, 6.07) is 7.26. The molecule has 1 aliphatic rings. The van der Waals surface area contributed by atoms with E-state index in [1.165, 1.54) is 11.3 Å². The van der Waals surface area contributed by atoms with Gasteiger partial charge in [0.2, 0.25) is 6.79 Å². The minimum Gasteiger partial charge on any atom is -0.462 e. The number of aromatic nitrogens is 1. The summed E-state index contributed by atoms with van der Waals surface area (Å²) in [5.41, 5.74) is 1.64. The molecule has 0 bridgehead atoms. The van der Waals surface area contributed by atoms with Crippen LogP contribution in [0, 0.1) is 0 Å². The van der Waals surface area contributed by atoms with Crippen molar-refractivity contribution in [2.75, 3.05) is 6.79 Å². The molecule has 5 nitrogen and oxygen atoms in total. The Kier molecular flexibility index (Phi) is 4.30. The lowest BCUT2D eigenvalue weighted by molar-refractivity contribution is 0.174. The first kappa shape index (κ1) is 15.7. The Morgan fingerprint density at radius 3 is 3.04 bits per heavy atom. The van der Waals surface area contributed by atoms with Gasteiger partial charge in [-0.25, -0.2) is 4.98 Å². The molecule has 0 spiro atoms. The molecule has 24 heavy (non-hydrogen) atoms. The van der Waals surface area contributed by atoms with Crippen molar-refractivity contribution in [1.82, 2.24) is 4.98 Å². The summed E-state index contributed by atoms with van der Waals surface area (Å²) in [7, 11) is -1.10. The van der Waals surface area contributed by atoms with Crippen molar-refractivity contribution >= 4 is 33.7 Å². The Balaban J connectivity index is 1.45. The van der Waals surface area contributed by atoms with Crippen LogP contribution in [0.2, 0.25) is 5.02 Å². The molecule has 0 saturated heterocycles. The first-order chi connectivity index (χ1) is 11.7. The van der Waals surface area contributed by atoms with Gasteiger partial charge in [0.1, 0.15) is 0 Å². The molecule has 3 aromatic rings. The van der Waals surface area contributed by atoms with Crippen molar-refractivity contribution in [3.63, 3.8) is 0 Å². The highest BCUT2D eigenvalue weighted by molar-refractivity contribution is 7.83. The Morgan fingerprint density at radius 1 is 1.29 bits per heavy atom. The van der Waals surface area contributed by atoms with Gasteiger partial charge in [-0.15, -0.1) is 11.3 Å². The fourth-order valence-electron chi connectivity index (χ4n) is 2.39. The highest BCUT2D eigenvalue weighted by Crippen LogP contribution is 2.40. The molecule has 2 aromatic heterocycles. The van der Waals surface area contributed by atoms with Crippen LogP contribution in [0.25, 0.3) is 10.8 Å². The van der Waals surface area contributed by atoms with Gasteiger partial charge in [0.05, 0.1) is 22.7 Å². The molecule has 1 unspecified atom stereocenters. The third-order valence-corrected chi connectivity index (χ3v) is 5.87. The highest BCUT2D eigenvalue weighted by atomic mass is 35.5. The van der Waals surface area contributed by atoms with Crippen LogP contribution in [-0.2, 0) is 22.3 Å². The zero-order valence-electron chi connectivity index (χ0n) is 12.4. The minimum atomic E-state index is -1.10. The molecule has 1 aliphatic heterocycles. The largest absolute Gasteiger partial charge is 0.462 e. The number of thiazole rings is 1. The van der Waals surface area contributed by atoms with E-state index in [0.717, 1.165) is 22.0 Å². The van der Waals surface area contributed by atoms with Gasteiger partial charge in [-0.3, -0.25) is 4.21 Å². The molecule has 1 atom stereocenters. The fraction of sp³-hybridized carbons (Fsp3) is 0.188. The maximum Gasteiger partial charge on any atom is 0.231 e. The third kappa shape index (κ3) is 3.19. The van der Waals surface area contributed by atoms with Gasteiger partial charge in [-0.2, -0.15) is 0 Å². The third-order valence-electron chi connectivity index (χ3n) is 3.41. The predicted octanol–water partition coefficient (Wildman–Crippen LogP) is 4.23. The van der Waals surface area contributed by atoms with Gasteiger partial charge >= 0.3 is 0 Å². The minimum absolute atomic E-state index is 0.163. The van der Waals surface area contributed by atoms with Crippen LogP contribution in [-0.4, -0.2) is 16.0 Å². The van der Waals surface area contributed by atoms with Crippen LogP contribution in [0.5, 0.6) is 11.5 Å². The number of furan rings is 1. The van der Waals surface area contributed by atoms with Crippen molar-refractivity contribution in [2.45, 2.75) is 11.5 Å². The molecule has 1 aromatic carbocycles. The number of ether oxygens (including phenoxy) is 2. The summed E-state index contributed by atoms with van der Waals surface area (Å²) in [4.78, 5) is 4.47. The number of fused-ring (bicyclic) bond motifs is 1. The second-order valence-electron chi connectivity index (χ2n) is 5.16. The maximum absolute atomic E-state index is 12.4. The summed E-state index contributed by atoms with van der Waals surface area (Å²) < 4.78 is 28.4. The molecule has 0 saturated carbocycles. The zero-order valence-corrected chi connectivity index (χ0v) is 14.7. The lowest BCUT2D eigenvalue weighted by atomic mass is 10.2. The summed E-state index contributed by atoms with van der Waals surface area (Å²) in [5, 5.41) is 3.17. The number of nitrogens with zero attached hydrogens (tertiary/aromatic N) is 1. The van der Waals surface area contributed by atoms with Crippen molar-refractivity contribution in [3.8, 4) is 22.3 Å². The molecule has 0 amide bonds. The van der Waals surface area contributed by atoms with Crippen LogP contribution in [0.1, 0.15) is 11.3 Å². The standard InChI is InChI=1S/C16H12ClNO4S2/c17-12-4-10(5-14-15(12)22-9-21-14)7-24(19)8-11-6-23-16(18-11)13-2-1-3-20-13/h1-6H,7-9H2. The van der Waals surface area contributed by atoms with E-state index < -0.39 is 10.8 Å². The summed E-state index contributed by atoms with van der Waals surface area (Å²) in [5.74, 6) is 2.63. The van der Waals surface area contributed by atoms with Gasteiger partial charge in [0, 0.05) is 21.9 Å². The summed E-state index contributed by atoms with van der Waals surface area (Å²) >= 11 is 7.63. The molecule has 4 rings (SSSR count). The van der Waals surface area contributed by atoms with Crippen LogP contribution in [0.4, 0.5) is 0 Å². The van der Waals surface area contributed by atoms with Crippen molar-refractivity contribution in [1.29, 1.82) is 0 Å². The van der Waals surface area contributed by atoms with Crippen molar-refractivity contribution in [3.05, 3.63) is 52.2 Å². The average Bonchev–Trinajstić information content (AvgIpc) is 3.28. The molecular formula is C16H12ClNO4S2. The first-order valence-electron chi connectivity index (χ1n) is 7.10. The second-order valence-corrected chi connectivity index (χ2v) is 7.88. The van der Waals surface area contributed by atoms with Gasteiger partial charge in [0.15, 0.2) is 22.3 Å². The topological polar surface area (TPSA) is 61.6 Å². The van der Waals surface area contributed by atoms with E-state index in [1.807, 2.05) is 23.6 Å². The smallest absolute Gasteiger partial charge is 0.231 e. The van der Waals surface area contributed by atoms with Gasteiger partial charge in [0.25, 0.3) is 0 Å². The van der Waals surface area contributed by atoms with Gasteiger partial charge in [-0.05, 0) is 29.8 Å². The lowest BCUT2D eigenvalue weighted by Gasteiger charge is -2.05. The molecule has 0 radical (unpaired) electrons. The van der Waals surface area contributed by atoms with Gasteiger partial charge in [-0.1, -0.05) is 11.6 Å². The molecule has 8 heteroatoms. The van der Waals surface area contributed by atoms with E-state index in [1.54, 1.807) is 12.3 Å². The molecule has 0 aliphatic carbocycles. The number of benzene rings is 1. The Morgan fingerprint density at radius 2 is 2.21 bits per heavy atom. The van der Waals surface area contributed by atoms with Crippen molar-refractivity contribution in [2.24, 2.45) is 0 Å². The highest BCUT2D eigenvalue weighted by Gasteiger charge is 2.19. The number of rotatable bonds is 5. The normalized spacial score (nSPS) is 14.0. The van der Waals surface area contributed by atoms with Crippen LogP contribution >= 0.6 is 22.9 Å². The Hall–Kier alpha value is -1.83. The molecular weight excluding hydrogens is 370 g/mol. The molecule has 0 fully saturated rings. The van der Waals surface area contributed by atoms with E-state index in [2.05, 4.69) is 4.98 Å². The van der Waals surface area contributed by atoms with E-state index >= 15 is 0 Å². The van der Waals surface area contributed by atoms with Gasteiger partial charge < -0.3 is 13.9 Å². The van der Waals surface area contributed by atoms with E-state index in [0.29, 0.717) is 28.0 Å². The van der Waals surface area contributed by atoms with Crippen molar-refractivity contribution < 1.29 is 18.1 Å². The zero-order chi connectivity index (χ0) is 16.5. The number of halogens is 1. The fourth-order valence-corrected chi connectivity index (χ4v) is 4.69. The average molecular weight is 382 g/mol. The van der Waals surface area contributed by atoms with Crippen LogP contribution in [0.3, 0.4) is 0 Å². The number of hydrogen-bond acceptors (Lipinski definition) is 6. The quantitative estimate of drug-likeness (QED) is 0.661. The van der Waals surface area contributed by atoms with E-state index in [-0.39, 0.29) is 6.79 Å². The number of hydrogen-bond donors (Lipinski definition) is 0. The van der Waals surface area contributed by atoms with E-state index in [9.17, 15) is 4.21 Å². The second kappa shape index (κ2) is 6.58. The van der Waals surface area contributed by atoms with E-state index in [4.69, 9.17) is 25.5 Å². The molecule has 124 valence electrons. The first-order valence-corrected chi connectivity index (χ1v) is 9.85. The lowest BCUT2D eigenvalue weighted by Crippen LogP contribution is -2.00. The molecule has 3 heterocycles. The van der Waals surface area contributed by atoms with Crippen LogP contribution < -0.4 is 9.47 Å². The van der Waals surface area contributed by atoms with Crippen LogP contribution in [0.15, 0.2) is 40.3 Å². The maximum atomic E-state index is 12.4. The Labute approximate surface area is 149 Å². The predicted molar refractivity (Wildman–Crippen MR) is 92.9 cm³/mol. The SMILES string of the molecule is O=S(Cc1cc(Cl)c2c(c1)OCO2)Cc1csc(-c2ccco2)n1. The summed E-state index contributed by atoms with van der Waals surface area (Å²) in [6.45, 7) is 0.163. The monoisotopic (exact) mass is 381 g/mol.